The Bertz CT molecular complexity index is 316. The molecule has 0 bridgehead atoms. The summed E-state index contributed by atoms with van der Waals surface area (Å²) in [5.41, 5.74) is 1.98. The van der Waals surface area contributed by atoms with E-state index in [2.05, 4.69) is 12.2 Å². The van der Waals surface area contributed by atoms with Gasteiger partial charge in [-0.25, -0.2) is 0 Å². The molecular formula is C13H19NO. The van der Waals surface area contributed by atoms with E-state index in [1.807, 2.05) is 38.2 Å². The van der Waals surface area contributed by atoms with Crippen molar-refractivity contribution in [2.75, 3.05) is 7.05 Å². The largest absolute Gasteiger partial charge is 0.310 e. The second-order valence-corrected chi connectivity index (χ2v) is 3.86. The summed E-state index contributed by atoms with van der Waals surface area (Å²) in [5, 5.41) is 3.07. The van der Waals surface area contributed by atoms with Crippen LogP contribution in [-0.2, 0) is 0 Å². The summed E-state index contributed by atoms with van der Waals surface area (Å²) in [4.78, 5) is 12.0. The molecule has 1 aromatic carbocycles. The molecule has 1 aromatic rings. The summed E-state index contributed by atoms with van der Waals surface area (Å²) < 4.78 is 0. The molecule has 82 valence electrons. The lowest BCUT2D eigenvalue weighted by Gasteiger charge is -2.13. The van der Waals surface area contributed by atoms with Crippen molar-refractivity contribution in [1.82, 2.24) is 5.32 Å². The quantitative estimate of drug-likeness (QED) is 0.748. The Kier molecular flexibility index (Phi) is 4.50. The molecule has 0 fully saturated rings. The first-order valence-electron chi connectivity index (χ1n) is 5.47. The van der Waals surface area contributed by atoms with Gasteiger partial charge in [0.1, 0.15) is 0 Å². The Morgan fingerprint density at radius 3 is 2.40 bits per heavy atom. The van der Waals surface area contributed by atoms with Crippen molar-refractivity contribution in [1.29, 1.82) is 0 Å². The molecule has 2 heteroatoms. The molecule has 0 amide bonds. The van der Waals surface area contributed by atoms with Crippen molar-refractivity contribution >= 4 is 5.78 Å². The molecule has 2 nitrogen and oxygen atoms in total. The van der Waals surface area contributed by atoms with Crippen molar-refractivity contribution in [3.8, 4) is 0 Å². The SMILES string of the molecule is CCC[C@H](NC)C(=O)c1ccc(C)cc1. The molecular weight excluding hydrogens is 186 g/mol. The van der Waals surface area contributed by atoms with E-state index in [1.165, 1.54) is 5.56 Å². The highest BCUT2D eigenvalue weighted by molar-refractivity contribution is 6.00. The number of carbonyl (C=O) groups excluding carboxylic acids is 1. The minimum Gasteiger partial charge on any atom is -0.310 e. The number of rotatable bonds is 5. The average Bonchev–Trinajstić information content (AvgIpc) is 2.26. The van der Waals surface area contributed by atoms with Gasteiger partial charge in [-0.15, -0.1) is 0 Å². The van der Waals surface area contributed by atoms with Gasteiger partial charge in [-0.3, -0.25) is 4.79 Å². The van der Waals surface area contributed by atoms with Crippen molar-refractivity contribution in [2.24, 2.45) is 0 Å². The van der Waals surface area contributed by atoms with Gasteiger partial charge in [0.2, 0.25) is 0 Å². The molecule has 0 heterocycles. The number of Topliss-reactive ketones (excluding diaryl/α,β-unsaturated/α-hetero) is 1. The lowest BCUT2D eigenvalue weighted by Crippen LogP contribution is -2.33. The van der Waals surface area contributed by atoms with Gasteiger partial charge >= 0.3 is 0 Å². The van der Waals surface area contributed by atoms with E-state index in [9.17, 15) is 4.79 Å². The van der Waals surface area contributed by atoms with Gasteiger partial charge in [-0.05, 0) is 20.4 Å². The van der Waals surface area contributed by atoms with Gasteiger partial charge in [-0.1, -0.05) is 43.2 Å². The zero-order valence-corrected chi connectivity index (χ0v) is 9.71. The number of hydrogen-bond donors (Lipinski definition) is 1. The van der Waals surface area contributed by atoms with E-state index in [0.29, 0.717) is 0 Å². The highest BCUT2D eigenvalue weighted by Gasteiger charge is 2.16. The Hall–Kier alpha value is -1.15. The van der Waals surface area contributed by atoms with Crippen LogP contribution in [0.2, 0.25) is 0 Å². The third-order valence-corrected chi connectivity index (χ3v) is 2.58. The van der Waals surface area contributed by atoms with Crippen LogP contribution in [0.1, 0.15) is 35.7 Å². The summed E-state index contributed by atoms with van der Waals surface area (Å²) in [6, 6.07) is 7.71. The number of ketones is 1. The van der Waals surface area contributed by atoms with Crippen LogP contribution in [0.25, 0.3) is 0 Å². The smallest absolute Gasteiger partial charge is 0.179 e. The fourth-order valence-corrected chi connectivity index (χ4v) is 1.61. The fourth-order valence-electron chi connectivity index (χ4n) is 1.61. The van der Waals surface area contributed by atoms with Crippen molar-refractivity contribution in [3.05, 3.63) is 35.4 Å². The second-order valence-electron chi connectivity index (χ2n) is 3.86. The van der Waals surface area contributed by atoms with Crippen LogP contribution < -0.4 is 5.32 Å². The molecule has 15 heavy (non-hydrogen) atoms. The molecule has 0 unspecified atom stereocenters. The first-order chi connectivity index (χ1) is 7.19. The molecule has 0 aliphatic carbocycles. The molecule has 0 aromatic heterocycles. The van der Waals surface area contributed by atoms with E-state index in [4.69, 9.17) is 0 Å². The van der Waals surface area contributed by atoms with Gasteiger partial charge < -0.3 is 5.32 Å². The maximum absolute atomic E-state index is 12.0. The molecule has 0 spiro atoms. The maximum atomic E-state index is 12.0. The van der Waals surface area contributed by atoms with Crippen LogP contribution in [0, 0.1) is 6.92 Å². The highest BCUT2D eigenvalue weighted by Crippen LogP contribution is 2.09. The second kappa shape index (κ2) is 5.66. The standard InChI is InChI=1S/C13H19NO/c1-4-5-12(14-3)13(15)11-8-6-10(2)7-9-11/h6-9,12,14H,4-5H2,1-3H3/t12-/m0/s1. The maximum Gasteiger partial charge on any atom is 0.179 e. The van der Waals surface area contributed by atoms with Gasteiger partial charge in [0.15, 0.2) is 5.78 Å². The lowest BCUT2D eigenvalue weighted by atomic mass is 10.00. The van der Waals surface area contributed by atoms with E-state index in [0.717, 1.165) is 18.4 Å². The normalized spacial score (nSPS) is 12.5. The minimum absolute atomic E-state index is 0.0438. The summed E-state index contributed by atoms with van der Waals surface area (Å²) in [6.07, 6.45) is 1.91. The molecule has 1 atom stereocenters. The number of likely N-dealkylation sites (N-methyl/N-ethyl adjacent to an activating group) is 1. The molecule has 0 aliphatic heterocycles. The molecule has 0 saturated heterocycles. The molecule has 1 rings (SSSR count). The first kappa shape index (κ1) is 11.9. The van der Waals surface area contributed by atoms with Crippen LogP contribution in [0.3, 0.4) is 0 Å². The summed E-state index contributed by atoms with van der Waals surface area (Å²) >= 11 is 0. The van der Waals surface area contributed by atoms with E-state index < -0.39 is 0 Å². The van der Waals surface area contributed by atoms with Gasteiger partial charge in [0.25, 0.3) is 0 Å². The summed E-state index contributed by atoms with van der Waals surface area (Å²) in [7, 11) is 1.84. The monoisotopic (exact) mass is 205 g/mol. The van der Waals surface area contributed by atoms with Crippen LogP contribution in [0.5, 0.6) is 0 Å². The predicted octanol–water partition coefficient (Wildman–Crippen LogP) is 2.57. The van der Waals surface area contributed by atoms with Crippen LogP contribution in [-0.4, -0.2) is 18.9 Å². The minimum atomic E-state index is -0.0438. The zero-order chi connectivity index (χ0) is 11.3. The van der Waals surface area contributed by atoms with Crippen LogP contribution >= 0.6 is 0 Å². The Morgan fingerprint density at radius 2 is 1.93 bits per heavy atom. The number of hydrogen-bond acceptors (Lipinski definition) is 2. The Balaban J connectivity index is 2.78. The highest BCUT2D eigenvalue weighted by atomic mass is 16.1. The fraction of sp³-hybridized carbons (Fsp3) is 0.462. The molecule has 0 aliphatic rings. The zero-order valence-electron chi connectivity index (χ0n) is 9.71. The lowest BCUT2D eigenvalue weighted by molar-refractivity contribution is 0.0942. The summed E-state index contributed by atoms with van der Waals surface area (Å²) in [6.45, 7) is 4.11. The number of nitrogens with one attached hydrogen (secondary N) is 1. The number of benzene rings is 1. The average molecular weight is 205 g/mol. The first-order valence-corrected chi connectivity index (χ1v) is 5.47. The third-order valence-electron chi connectivity index (χ3n) is 2.58. The Labute approximate surface area is 91.7 Å². The van der Waals surface area contributed by atoms with Crippen molar-refractivity contribution in [3.63, 3.8) is 0 Å². The number of aryl methyl sites for hydroxylation is 1. The van der Waals surface area contributed by atoms with E-state index in [-0.39, 0.29) is 11.8 Å². The molecule has 0 saturated carbocycles. The third kappa shape index (κ3) is 3.17. The van der Waals surface area contributed by atoms with Crippen molar-refractivity contribution < 1.29 is 4.79 Å². The Morgan fingerprint density at radius 1 is 1.33 bits per heavy atom. The van der Waals surface area contributed by atoms with E-state index >= 15 is 0 Å². The topological polar surface area (TPSA) is 29.1 Å². The predicted molar refractivity (Wildman–Crippen MR) is 63.3 cm³/mol. The number of carbonyl (C=O) groups is 1. The molecule has 0 radical (unpaired) electrons. The summed E-state index contributed by atoms with van der Waals surface area (Å²) in [5.74, 6) is 0.194. The van der Waals surface area contributed by atoms with Gasteiger partial charge in [-0.2, -0.15) is 0 Å². The van der Waals surface area contributed by atoms with E-state index in [1.54, 1.807) is 0 Å². The van der Waals surface area contributed by atoms with Crippen molar-refractivity contribution in [2.45, 2.75) is 32.7 Å². The van der Waals surface area contributed by atoms with Crippen LogP contribution in [0.15, 0.2) is 24.3 Å². The van der Waals surface area contributed by atoms with Gasteiger partial charge in [0.05, 0.1) is 6.04 Å². The molecule has 1 N–H and O–H groups in total. The van der Waals surface area contributed by atoms with Gasteiger partial charge in [0, 0.05) is 5.56 Å². The van der Waals surface area contributed by atoms with Crippen LogP contribution in [0.4, 0.5) is 0 Å².